The predicted octanol–water partition coefficient (Wildman–Crippen LogP) is 2.23. The Balaban J connectivity index is 2.54. The van der Waals surface area contributed by atoms with Crippen LogP contribution in [0, 0.1) is 0 Å². The minimum atomic E-state index is -3.22. The van der Waals surface area contributed by atoms with Crippen molar-refractivity contribution in [2.24, 2.45) is 0 Å². The summed E-state index contributed by atoms with van der Waals surface area (Å²) < 4.78 is 22.6. The molecule has 1 unspecified atom stereocenters. The van der Waals surface area contributed by atoms with Crippen molar-refractivity contribution in [3.05, 3.63) is 29.8 Å². The topological polar surface area (TPSA) is 63.2 Å². The van der Waals surface area contributed by atoms with Crippen LogP contribution in [0.25, 0.3) is 0 Å². The largest absolute Gasteiger partial charge is 0.352 e. The molecule has 0 bridgehead atoms. The van der Waals surface area contributed by atoms with Gasteiger partial charge in [0.05, 0.1) is 4.90 Å². The first-order chi connectivity index (χ1) is 8.80. The third-order valence-electron chi connectivity index (χ3n) is 2.61. The van der Waals surface area contributed by atoms with Crippen molar-refractivity contribution in [3.63, 3.8) is 0 Å². The number of hydrogen-bond donors (Lipinski definition) is 1. The van der Waals surface area contributed by atoms with Crippen molar-refractivity contribution in [2.75, 3.05) is 12.8 Å². The molecule has 0 aromatic heterocycles. The van der Waals surface area contributed by atoms with Crippen LogP contribution in [-0.4, -0.2) is 32.5 Å². The van der Waals surface area contributed by atoms with Gasteiger partial charge in [0.1, 0.15) is 0 Å². The summed E-state index contributed by atoms with van der Waals surface area (Å²) in [6.07, 6.45) is 2.79. The number of rotatable bonds is 6. The molecule has 4 nitrogen and oxygen atoms in total. The number of carbonyl (C=O) groups is 1. The van der Waals surface area contributed by atoms with Crippen LogP contribution in [0.2, 0.25) is 0 Å². The van der Waals surface area contributed by atoms with E-state index in [-0.39, 0.29) is 16.2 Å². The lowest BCUT2D eigenvalue weighted by molar-refractivity contribution is 0.0953. The number of nitrogens with one attached hydrogen (secondary N) is 1. The van der Waals surface area contributed by atoms with Gasteiger partial charge in [-0.25, -0.2) is 8.42 Å². The Morgan fingerprint density at radius 3 is 2.37 bits per heavy atom. The summed E-state index contributed by atoms with van der Waals surface area (Å²) in [5.41, 5.74) is 0.450. The van der Waals surface area contributed by atoms with Crippen molar-refractivity contribution < 1.29 is 13.2 Å². The van der Waals surface area contributed by atoms with E-state index < -0.39 is 9.84 Å². The average molecular weight is 304 g/mol. The zero-order chi connectivity index (χ0) is 14.5. The van der Waals surface area contributed by atoms with Crippen LogP contribution in [0.15, 0.2) is 29.2 Å². The molecule has 0 heterocycles. The SMILES string of the molecule is CC(Cl)CCCNC(=O)c1ccc(S(C)(=O)=O)cc1. The lowest BCUT2D eigenvalue weighted by Crippen LogP contribution is -2.24. The molecule has 6 heteroatoms. The minimum absolute atomic E-state index is 0.103. The molecule has 1 rings (SSSR count). The maximum Gasteiger partial charge on any atom is 0.251 e. The summed E-state index contributed by atoms with van der Waals surface area (Å²) in [5, 5.41) is 2.87. The smallest absolute Gasteiger partial charge is 0.251 e. The molecule has 0 aliphatic rings. The van der Waals surface area contributed by atoms with Gasteiger partial charge in [-0.3, -0.25) is 4.79 Å². The van der Waals surface area contributed by atoms with Crippen LogP contribution >= 0.6 is 11.6 Å². The molecule has 0 radical (unpaired) electrons. The number of amides is 1. The average Bonchev–Trinajstić information content (AvgIpc) is 2.33. The van der Waals surface area contributed by atoms with Crippen molar-refractivity contribution in [1.29, 1.82) is 0 Å². The first kappa shape index (κ1) is 16.0. The number of sulfone groups is 1. The van der Waals surface area contributed by atoms with Crippen LogP contribution in [0.3, 0.4) is 0 Å². The molecule has 0 spiro atoms. The van der Waals surface area contributed by atoms with Crippen LogP contribution in [-0.2, 0) is 9.84 Å². The van der Waals surface area contributed by atoms with E-state index in [4.69, 9.17) is 11.6 Å². The highest BCUT2D eigenvalue weighted by atomic mass is 35.5. The normalized spacial score (nSPS) is 13.0. The van der Waals surface area contributed by atoms with E-state index in [2.05, 4.69) is 5.32 Å². The van der Waals surface area contributed by atoms with Gasteiger partial charge in [-0.05, 0) is 44.0 Å². The van der Waals surface area contributed by atoms with Gasteiger partial charge in [0.2, 0.25) is 0 Å². The van der Waals surface area contributed by atoms with Crippen molar-refractivity contribution >= 4 is 27.3 Å². The summed E-state index contributed by atoms with van der Waals surface area (Å²) in [5.74, 6) is -0.206. The summed E-state index contributed by atoms with van der Waals surface area (Å²) in [6.45, 7) is 2.47. The second-order valence-electron chi connectivity index (χ2n) is 4.48. The molecular formula is C13H18ClNO3S. The zero-order valence-electron chi connectivity index (χ0n) is 11.0. The molecule has 1 amide bonds. The second kappa shape index (κ2) is 6.91. The highest BCUT2D eigenvalue weighted by Gasteiger charge is 2.09. The third kappa shape index (κ3) is 5.61. The lowest BCUT2D eigenvalue weighted by Gasteiger charge is -2.06. The first-order valence-corrected chi connectivity index (χ1v) is 8.36. The van der Waals surface area contributed by atoms with Gasteiger partial charge in [0.25, 0.3) is 5.91 Å². The van der Waals surface area contributed by atoms with Crippen LogP contribution in [0.1, 0.15) is 30.1 Å². The molecule has 1 aromatic carbocycles. The Morgan fingerprint density at radius 1 is 1.32 bits per heavy atom. The molecule has 1 atom stereocenters. The van der Waals surface area contributed by atoms with Crippen LogP contribution < -0.4 is 5.32 Å². The Bertz CT molecular complexity index is 523. The second-order valence-corrected chi connectivity index (χ2v) is 7.24. The van der Waals surface area contributed by atoms with E-state index in [0.29, 0.717) is 12.1 Å². The third-order valence-corrected chi connectivity index (χ3v) is 3.96. The monoisotopic (exact) mass is 303 g/mol. The first-order valence-electron chi connectivity index (χ1n) is 6.03. The van der Waals surface area contributed by atoms with E-state index in [0.717, 1.165) is 19.1 Å². The van der Waals surface area contributed by atoms with Gasteiger partial charge < -0.3 is 5.32 Å². The van der Waals surface area contributed by atoms with Gasteiger partial charge >= 0.3 is 0 Å². The molecule has 0 saturated carbocycles. The van der Waals surface area contributed by atoms with Gasteiger partial charge in [-0.1, -0.05) is 0 Å². The van der Waals surface area contributed by atoms with Gasteiger partial charge in [0.15, 0.2) is 9.84 Å². The van der Waals surface area contributed by atoms with Gasteiger partial charge in [-0.2, -0.15) is 0 Å². The highest BCUT2D eigenvalue weighted by Crippen LogP contribution is 2.10. The molecular weight excluding hydrogens is 286 g/mol. The number of carbonyl (C=O) groups excluding carboxylic acids is 1. The Labute approximate surface area is 119 Å². The zero-order valence-corrected chi connectivity index (χ0v) is 12.6. The summed E-state index contributed by atoms with van der Waals surface area (Å²) in [7, 11) is -3.22. The van der Waals surface area contributed by atoms with Crippen LogP contribution in [0.4, 0.5) is 0 Å². The fourth-order valence-corrected chi connectivity index (χ4v) is 2.33. The van der Waals surface area contributed by atoms with Gasteiger partial charge in [0, 0.05) is 23.7 Å². The minimum Gasteiger partial charge on any atom is -0.352 e. The predicted molar refractivity (Wildman–Crippen MR) is 76.4 cm³/mol. The fraction of sp³-hybridized carbons (Fsp3) is 0.462. The van der Waals surface area contributed by atoms with Crippen molar-refractivity contribution in [3.8, 4) is 0 Å². The quantitative estimate of drug-likeness (QED) is 0.647. The lowest BCUT2D eigenvalue weighted by atomic mass is 10.2. The summed E-state index contributed by atoms with van der Waals surface area (Å²) in [4.78, 5) is 12.0. The van der Waals surface area contributed by atoms with Crippen LogP contribution in [0.5, 0.6) is 0 Å². The van der Waals surface area contributed by atoms with E-state index in [1.165, 1.54) is 24.3 Å². The maximum atomic E-state index is 11.8. The Morgan fingerprint density at radius 2 is 1.89 bits per heavy atom. The molecule has 106 valence electrons. The number of alkyl halides is 1. The summed E-state index contributed by atoms with van der Waals surface area (Å²) >= 11 is 5.80. The number of hydrogen-bond acceptors (Lipinski definition) is 3. The molecule has 1 aromatic rings. The van der Waals surface area contributed by atoms with E-state index in [9.17, 15) is 13.2 Å². The molecule has 0 saturated heterocycles. The van der Waals surface area contributed by atoms with Gasteiger partial charge in [-0.15, -0.1) is 11.6 Å². The van der Waals surface area contributed by atoms with E-state index in [1.54, 1.807) is 0 Å². The standard InChI is InChI=1S/C13H18ClNO3S/c1-10(14)4-3-9-15-13(16)11-5-7-12(8-6-11)19(2,17)18/h5-8,10H,3-4,9H2,1-2H3,(H,15,16). The molecule has 0 aliphatic heterocycles. The fourth-order valence-electron chi connectivity index (χ4n) is 1.54. The highest BCUT2D eigenvalue weighted by molar-refractivity contribution is 7.90. The Hall–Kier alpha value is -1.07. The summed E-state index contributed by atoms with van der Waals surface area (Å²) in [6, 6.07) is 5.89. The molecule has 19 heavy (non-hydrogen) atoms. The number of benzene rings is 1. The van der Waals surface area contributed by atoms with Crippen molar-refractivity contribution in [1.82, 2.24) is 5.32 Å². The van der Waals surface area contributed by atoms with E-state index >= 15 is 0 Å². The van der Waals surface area contributed by atoms with E-state index in [1.807, 2.05) is 6.92 Å². The molecule has 0 fully saturated rings. The Kier molecular flexibility index (Phi) is 5.82. The maximum absolute atomic E-state index is 11.8. The molecule has 0 aliphatic carbocycles. The number of halogens is 1. The van der Waals surface area contributed by atoms with Crippen molar-refractivity contribution in [2.45, 2.75) is 30.0 Å². The molecule has 1 N–H and O–H groups in total.